The van der Waals surface area contributed by atoms with Crippen LogP contribution in [-0.2, 0) is 0 Å². The number of aromatic nitrogens is 2. The second kappa shape index (κ2) is 6.16. The van der Waals surface area contributed by atoms with E-state index in [1.807, 2.05) is 12.1 Å². The minimum absolute atomic E-state index is 0.326. The van der Waals surface area contributed by atoms with Gasteiger partial charge in [-0.1, -0.05) is 0 Å². The number of fused-ring (bicyclic) bond motifs is 1. The Kier molecular flexibility index (Phi) is 3.70. The van der Waals surface area contributed by atoms with Crippen LogP contribution in [0.3, 0.4) is 0 Å². The van der Waals surface area contributed by atoms with Crippen molar-refractivity contribution in [1.29, 1.82) is 0 Å². The first-order chi connectivity index (χ1) is 12.2. The zero-order chi connectivity index (χ0) is 17.2. The quantitative estimate of drug-likeness (QED) is 0.607. The van der Waals surface area contributed by atoms with Gasteiger partial charge in [0.25, 0.3) is 5.91 Å². The molecule has 6 heteroatoms. The van der Waals surface area contributed by atoms with Crippen LogP contribution in [0.5, 0.6) is 0 Å². The van der Waals surface area contributed by atoms with Gasteiger partial charge in [0.05, 0.1) is 0 Å². The Hall–Kier alpha value is -3.54. The van der Waals surface area contributed by atoms with E-state index < -0.39 is 0 Å². The molecule has 2 heterocycles. The summed E-state index contributed by atoms with van der Waals surface area (Å²) in [5, 5.41) is 2.76. The number of carbonyl (C=O) groups excluding carboxylic acids is 1. The number of rotatable bonds is 3. The van der Waals surface area contributed by atoms with Gasteiger partial charge in [0.1, 0.15) is 11.3 Å². The number of halogens is 1. The van der Waals surface area contributed by atoms with Crippen LogP contribution in [0.4, 0.5) is 10.1 Å². The van der Waals surface area contributed by atoms with Crippen molar-refractivity contribution in [3.05, 3.63) is 78.4 Å². The van der Waals surface area contributed by atoms with E-state index in [0.717, 1.165) is 5.56 Å². The topological polar surface area (TPSA) is 68.0 Å². The van der Waals surface area contributed by atoms with Gasteiger partial charge < -0.3 is 9.73 Å². The summed E-state index contributed by atoms with van der Waals surface area (Å²) >= 11 is 0. The fourth-order valence-electron chi connectivity index (χ4n) is 2.42. The molecule has 0 bridgehead atoms. The molecular formula is C19H12FN3O2. The zero-order valence-electron chi connectivity index (χ0n) is 12.9. The Morgan fingerprint density at radius 1 is 1.00 bits per heavy atom. The Labute approximate surface area is 142 Å². The standard InChI is InChI=1S/C19H12FN3O2/c20-14-3-1-12(2-4-14)18(24)22-15-5-6-16-17(11-15)25-19(23-16)13-7-9-21-10-8-13/h1-11H,(H,22,24). The van der Waals surface area contributed by atoms with Crippen molar-refractivity contribution in [3.63, 3.8) is 0 Å². The summed E-state index contributed by atoms with van der Waals surface area (Å²) < 4.78 is 18.7. The molecule has 2 aromatic heterocycles. The van der Waals surface area contributed by atoms with Crippen molar-refractivity contribution in [2.75, 3.05) is 5.32 Å². The number of anilines is 1. The molecule has 0 aliphatic carbocycles. The normalized spacial score (nSPS) is 10.8. The summed E-state index contributed by atoms with van der Waals surface area (Å²) in [5.41, 5.74) is 3.01. The number of nitrogens with zero attached hydrogens (tertiary/aromatic N) is 2. The maximum atomic E-state index is 12.9. The third kappa shape index (κ3) is 3.10. The minimum atomic E-state index is -0.386. The average Bonchev–Trinajstić information content (AvgIpc) is 3.06. The second-order valence-corrected chi connectivity index (χ2v) is 5.40. The first kappa shape index (κ1) is 15.0. The van der Waals surface area contributed by atoms with Crippen molar-refractivity contribution in [3.8, 4) is 11.5 Å². The van der Waals surface area contributed by atoms with E-state index >= 15 is 0 Å². The fourth-order valence-corrected chi connectivity index (χ4v) is 2.42. The van der Waals surface area contributed by atoms with Gasteiger partial charge in [-0.05, 0) is 48.5 Å². The molecule has 2 aromatic carbocycles. The van der Waals surface area contributed by atoms with Crippen molar-refractivity contribution in [2.24, 2.45) is 0 Å². The van der Waals surface area contributed by atoms with Gasteiger partial charge in [0, 0.05) is 35.3 Å². The highest BCUT2D eigenvalue weighted by atomic mass is 19.1. The highest BCUT2D eigenvalue weighted by Crippen LogP contribution is 2.26. The molecule has 0 saturated heterocycles. The molecule has 1 N–H and O–H groups in total. The van der Waals surface area contributed by atoms with Gasteiger partial charge in [0.15, 0.2) is 5.58 Å². The molecular weight excluding hydrogens is 321 g/mol. The van der Waals surface area contributed by atoms with Crippen molar-refractivity contribution < 1.29 is 13.6 Å². The molecule has 1 amide bonds. The molecule has 0 atom stereocenters. The summed E-state index contributed by atoms with van der Waals surface area (Å²) in [4.78, 5) is 20.6. The van der Waals surface area contributed by atoms with Crippen LogP contribution in [0.15, 0.2) is 71.4 Å². The molecule has 0 aliphatic heterocycles. The SMILES string of the molecule is O=C(Nc1ccc2nc(-c3ccncc3)oc2c1)c1ccc(F)cc1. The summed E-state index contributed by atoms with van der Waals surface area (Å²) in [7, 11) is 0. The van der Waals surface area contributed by atoms with E-state index in [2.05, 4.69) is 15.3 Å². The lowest BCUT2D eigenvalue weighted by Gasteiger charge is -2.04. The molecule has 0 radical (unpaired) electrons. The van der Waals surface area contributed by atoms with Gasteiger partial charge in [-0.15, -0.1) is 0 Å². The highest BCUT2D eigenvalue weighted by Gasteiger charge is 2.11. The lowest BCUT2D eigenvalue weighted by Crippen LogP contribution is -2.11. The maximum absolute atomic E-state index is 12.9. The van der Waals surface area contributed by atoms with Crippen LogP contribution in [0.1, 0.15) is 10.4 Å². The average molecular weight is 333 g/mol. The van der Waals surface area contributed by atoms with Gasteiger partial charge in [-0.3, -0.25) is 9.78 Å². The number of carbonyl (C=O) groups is 1. The van der Waals surface area contributed by atoms with Crippen LogP contribution < -0.4 is 5.32 Å². The largest absolute Gasteiger partial charge is 0.436 e. The van der Waals surface area contributed by atoms with Gasteiger partial charge in [-0.25, -0.2) is 9.37 Å². The molecule has 122 valence electrons. The lowest BCUT2D eigenvalue weighted by atomic mass is 10.2. The minimum Gasteiger partial charge on any atom is -0.436 e. The molecule has 4 aromatic rings. The van der Waals surface area contributed by atoms with E-state index in [-0.39, 0.29) is 11.7 Å². The predicted octanol–water partition coefficient (Wildman–Crippen LogP) is 4.28. The van der Waals surface area contributed by atoms with E-state index in [1.54, 1.807) is 30.6 Å². The fraction of sp³-hybridized carbons (Fsp3) is 0. The molecule has 25 heavy (non-hydrogen) atoms. The summed E-state index contributed by atoms with van der Waals surface area (Å²) in [6.07, 6.45) is 3.33. The number of benzene rings is 2. The number of oxazole rings is 1. The molecule has 0 fully saturated rings. The summed E-state index contributed by atoms with van der Waals surface area (Å²) in [5.74, 6) is -0.226. The lowest BCUT2D eigenvalue weighted by molar-refractivity contribution is 0.102. The van der Waals surface area contributed by atoms with Crippen molar-refractivity contribution >= 4 is 22.7 Å². The smallest absolute Gasteiger partial charge is 0.255 e. The molecule has 0 aliphatic rings. The number of hydrogen-bond acceptors (Lipinski definition) is 4. The molecule has 0 unspecified atom stereocenters. The Bertz CT molecular complexity index is 1040. The van der Waals surface area contributed by atoms with Crippen LogP contribution in [0.2, 0.25) is 0 Å². The van der Waals surface area contributed by atoms with Crippen LogP contribution in [0.25, 0.3) is 22.6 Å². The van der Waals surface area contributed by atoms with Gasteiger partial charge in [0.2, 0.25) is 5.89 Å². The summed E-state index contributed by atoms with van der Waals surface area (Å²) in [6, 6.07) is 14.2. The highest BCUT2D eigenvalue weighted by molar-refractivity contribution is 6.04. The number of nitrogens with one attached hydrogen (secondary N) is 1. The van der Waals surface area contributed by atoms with Gasteiger partial charge in [-0.2, -0.15) is 0 Å². The Balaban J connectivity index is 1.61. The third-order valence-electron chi connectivity index (χ3n) is 3.68. The molecule has 5 nitrogen and oxygen atoms in total. The van der Waals surface area contributed by atoms with E-state index in [4.69, 9.17) is 4.42 Å². The van der Waals surface area contributed by atoms with Crippen molar-refractivity contribution in [2.45, 2.75) is 0 Å². The van der Waals surface area contributed by atoms with Crippen LogP contribution >= 0.6 is 0 Å². The second-order valence-electron chi connectivity index (χ2n) is 5.40. The monoisotopic (exact) mass is 333 g/mol. The molecule has 0 saturated carbocycles. The zero-order valence-corrected chi connectivity index (χ0v) is 12.9. The third-order valence-corrected chi connectivity index (χ3v) is 3.68. The molecule has 0 spiro atoms. The Morgan fingerprint density at radius 3 is 2.52 bits per heavy atom. The van der Waals surface area contributed by atoms with E-state index in [0.29, 0.717) is 28.2 Å². The Morgan fingerprint density at radius 2 is 1.76 bits per heavy atom. The predicted molar refractivity (Wildman–Crippen MR) is 91.6 cm³/mol. The van der Waals surface area contributed by atoms with Gasteiger partial charge >= 0.3 is 0 Å². The number of hydrogen-bond donors (Lipinski definition) is 1. The maximum Gasteiger partial charge on any atom is 0.255 e. The first-order valence-corrected chi connectivity index (χ1v) is 7.57. The van der Waals surface area contributed by atoms with Crippen LogP contribution in [-0.4, -0.2) is 15.9 Å². The summed E-state index contributed by atoms with van der Waals surface area (Å²) in [6.45, 7) is 0. The van der Waals surface area contributed by atoms with E-state index in [1.165, 1.54) is 24.3 Å². The number of pyridine rings is 1. The van der Waals surface area contributed by atoms with Crippen molar-refractivity contribution in [1.82, 2.24) is 9.97 Å². The number of amides is 1. The first-order valence-electron chi connectivity index (χ1n) is 7.57. The van der Waals surface area contributed by atoms with Crippen LogP contribution in [0, 0.1) is 5.82 Å². The van der Waals surface area contributed by atoms with E-state index in [9.17, 15) is 9.18 Å². The molecule has 4 rings (SSSR count).